The maximum atomic E-state index is 9.82. The van der Waals surface area contributed by atoms with Gasteiger partial charge in [0.05, 0.1) is 12.2 Å². The molecule has 0 radical (unpaired) electrons. The Morgan fingerprint density at radius 2 is 1.71 bits per heavy atom. The van der Waals surface area contributed by atoms with Gasteiger partial charge in [-0.3, -0.25) is 0 Å². The summed E-state index contributed by atoms with van der Waals surface area (Å²) in [5.41, 5.74) is 3.77. The fourth-order valence-corrected chi connectivity index (χ4v) is 2.05. The van der Waals surface area contributed by atoms with E-state index in [-0.39, 0.29) is 0 Å². The predicted octanol–water partition coefficient (Wildman–Crippen LogP) is 2.76. The first-order valence-electron chi connectivity index (χ1n) is 6.46. The van der Waals surface area contributed by atoms with Crippen molar-refractivity contribution in [1.82, 2.24) is 0 Å². The van der Waals surface area contributed by atoms with Gasteiger partial charge >= 0.3 is 0 Å². The molecule has 0 aliphatic rings. The SMILES string of the molecule is CCCC(O)C(O)CCc1cc(C)ccc1C. The van der Waals surface area contributed by atoms with Crippen LogP contribution in [-0.4, -0.2) is 22.4 Å². The Hall–Kier alpha value is -0.860. The van der Waals surface area contributed by atoms with Crippen molar-refractivity contribution in [3.05, 3.63) is 34.9 Å². The van der Waals surface area contributed by atoms with Gasteiger partial charge in [0.25, 0.3) is 0 Å². The Morgan fingerprint density at radius 1 is 1.06 bits per heavy atom. The Kier molecular flexibility index (Phi) is 5.66. The molecule has 0 saturated carbocycles. The van der Waals surface area contributed by atoms with Crippen molar-refractivity contribution < 1.29 is 10.2 Å². The van der Waals surface area contributed by atoms with Gasteiger partial charge in [-0.25, -0.2) is 0 Å². The van der Waals surface area contributed by atoms with Crippen LogP contribution in [0.3, 0.4) is 0 Å². The molecule has 0 aliphatic heterocycles. The largest absolute Gasteiger partial charge is 0.390 e. The van der Waals surface area contributed by atoms with Crippen LogP contribution in [0.25, 0.3) is 0 Å². The highest BCUT2D eigenvalue weighted by Crippen LogP contribution is 2.15. The van der Waals surface area contributed by atoms with Crippen LogP contribution in [0, 0.1) is 13.8 Å². The number of aryl methyl sites for hydroxylation is 3. The van der Waals surface area contributed by atoms with Crippen LogP contribution in [0.2, 0.25) is 0 Å². The highest BCUT2D eigenvalue weighted by Gasteiger charge is 2.15. The van der Waals surface area contributed by atoms with Crippen molar-refractivity contribution in [1.29, 1.82) is 0 Å². The third-order valence-corrected chi connectivity index (χ3v) is 3.24. The second-order valence-corrected chi connectivity index (χ2v) is 4.89. The first kappa shape index (κ1) is 14.2. The molecule has 2 unspecified atom stereocenters. The lowest BCUT2D eigenvalue weighted by Crippen LogP contribution is -2.26. The molecule has 0 aromatic heterocycles. The Morgan fingerprint density at radius 3 is 2.35 bits per heavy atom. The Balaban J connectivity index is 2.52. The zero-order valence-electron chi connectivity index (χ0n) is 11.1. The summed E-state index contributed by atoms with van der Waals surface area (Å²) in [6.07, 6.45) is 1.86. The van der Waals surface area contributed by atoms with Crippen LogP contribution in [0.15, 0.2) is 18.2 Å². The zero-order chi connectivity index (χ0) is 12.8. The van der Waals surface area contributed by atoms with E-state index in [9.17, 15) is 10.2 Å². The third-order valence-electron chi connectivity index (χ3n) is 3.24. The summed E-state index contributed by atoms with van der Waals surface area (Å²) in [5, 5.41) is 19.5. The van der Waals surface area contributed by atoms with Crippen LogP contribution in [0.4, 0.5) is 0 Å². The average Bonchev–Trinajstić information content (AvgIpc) is 2.30. The fraction of sp³-hybridized carbons (Fsp3) is 0.600. The third kappa shape index (κ3) is 4.49. The average molecular weight is 236 g/mol. The van der Waals surface area contributed by atoms with Gasteiger partial charge in [0.2, 0.25) is 0 Å². The van der Waals surface area contributed by atoms with E-state index in [0.29, 0.717) is 12.8 Å². The van der Waals surface area contributed by atoms with E-state index < -0.39 is 12.2 Å². The van der Waals surface area contributed by atoms with Gasteiger partial charge in [0.15, 0.2) is 0 Å². The van der Waals surface area contributed by atoms with Crippen molar-refractivity contribution in [3.63, 3.8) is 0 Å². The van der Waals surface area contributed by atoms with E-state index in [1.807, 2.05) is 6.92 Å². The predicted molar refractivity (Wildman–Crippen MR) is 71.2 cm³/mol. The zero-order valence-corrected chi connectivity index (χ0v) is 11.1. The molecule has 0 amide bonds. The lowest BCUT2D eigenvalue weighted by atomic mass is 9.97. The van der Waals surface area contributed by atoms with Crippen LogP contribution < -0.4 is 0 Å². The number of hydrogen-bond acceptors (Lipinski definition) is 2. The van der Waals surface area contributed by atoms with Crippen LogP contribution in [-0.2, 0) is 6.42 Å². The molecule has 2 heteroatoms. The van der Waals surface area contributed by atoms with Crippen molar-refractivity contribution in [3.8, 4) is 0 Å². The van der Waals surface area contributed by atoms with Crippen molar-refractivity contribution in [2.45, 2.75) is 58.7 Å². The second kappa shape index (κ2) is 6.77. The summed E-state index contributed by atoms with van der Waals surface area (Å²) < 4.78 is 0. The molecule has 0 fully saturated rings. The first-order chi connectivity index (χ1) is 8.04. The summed E-state index contributed by atoms with van der Waals surface area (Å²) in [4.78, 5) is 0. The molecular formula is C15H24O2. The first-order valence-corrected chi connectivity index (χ1v) is 6.46. The van der Waals surface area contributed by atoms with E-state index in [4.69, 9.17) is 0 Å². The van der Waals surface area contributed by atoms with Crippen molar-refractivity contribution >= 4 is 0 Å². The van der Waals surface area contributed by atoms with Crippen LogP contribution >= 0.6 is 0 Å². The summed E-state index contributed by atoms with van der Waals surface area (Å²) in [7, 11) is 0. The topological polar surface area (TPSA) is 40.5 Å². The smallest absolute Gasteiger partial charge is 0.0802 e. The van der Waals surface area contributed by atoms with E-state index in [1.165, 1.54) is 16.7 Å². The Labute approximate surface area is 104 Å². The number of rotatable bonds is 6. The van der Waals surface area contributed by atoms with Gasteiger partial charge < -0.3 is 10.2 Å². The van der Waals surface area contributed by atoms with Crippen LogP contribution in [0.5, 0.6) is 0 Å². The van der Waals surface area contributed by atoms with Gasteiger partial charge in [-0.05, 0) is 44.2 Å². The highest BCUT2D eigenvalue weighted by molar-refractivity contribution is 5.30. The summed E-state index contributed by atoms with van der Waals surface area (Å²) >= 11 is 0. The molecule has 1 rings (SSSR count). The normalized spacial score (nSPS) is 14.6. The fourth-order valence-electron chi connectivity index (χ4n) is 2.05. The van der Waals surface area contributed by atoms with E-state index in [1.54, 1.807) is 0 Å². The summed E-state index contributed by atoms with van der Waals surface area (Å²) in [6, 6.07) is 6.37. The molecular weight excluding hydrogens is 212 g/mol. The van der Waals surface area contributed by atoms with Crippen molar-refractivity contribution in [2.75, 3.05) is 0 Å². The van der Waals surface area contributed by atoms with E-state index >= 15 is 0 Å². The molecule has 1 aromatic carbocycles. The van der Waals surface area contributed by atoms with Gasteiger partial charge in [-0.15, -0.1) is 0 Å². The lowest BCUT2D eigenvalue weighted by Gasteiger charge is -2.17. The van der Waals surface area contributed by atoms with Crippen LogP contribution in [0.1, 0.15) is 42.9 Å². The Bertz CT molecular complexity index is 347. The number of benzene rings is 1. The summed E-state index contributed by atoms with van der Waals surface area (Å²) in [6.45, 7) is 6.18. The number of aliphatic hydroxyl groups excluding tert-OH is 2. The molecule has 2 nitrogen and oxygen atoms in total. The van der Waals surface area contributed by atoms with Crippen molar-refractivity contribution in [2.24, 2.45) is 0 Å². The molecule has 0 aliphatic carbocycles. The molecule has 17 heavy (non-hydrogen) atoms. The van der Waals surface area contributed by atoms with Gasteiger partial charge in [-0.2, -0.15) is 0 Å². The second-order valence-electron chi connectivity index (χ2n) is 4.89. The minimum Gasteiger partial charge on any atom is -0.390 e. The molecule has 1 aromatic rings. The number of hydrogen-bond donors (Lipinski definition) is 2. The van der Waals surface area contributed by atoms with E-state index in [2.05, 4.69) is 32.0 Å². The monoisotopic (exact) mass is 236 g/mol. The minimum atomic E-state index is -0.602. The molecule has 96 valence electrons. The maximum Gasteiger partial charge on any atom is 0.0802 e. The van der Waals surface area contributed by atoms with Gasteiger partial charge in [0.1, 0.15) is 0 Å². The molecule has 0 saturated heterocycles. The minimum absolute atomic E-state index is 0.579. The molecule has 2 N–H and O–H groups in total. The quantitative estimate of drug-likeness (QED) is 0.797. The molecule has 0 spiro atoms. The highest BCUT2D eigenvalue weighted by atomic mass is 16.3. The molecule has 0 bridgehead atoms. The van der Waals surface area contributed by atoms with Gasteiger partial charge in [0, 0.05) is 0 Å². The van der Waals surface area contributed by atoms with Gasteiger partial charge in [-0.1, -0.05) is 37.1 Å². The molecule has 0 heterocycles. The maximum absolute atomic E-state index is 9.82. The standard InChI is InChI=1S/C15H24O2/c1-4-5-14(16)15(17)9-8-13-10-11(2)6-7-12(13)3/h6-7,10,14-17H,4-5,8-9H2,1-3H3. The lowest BCUT2D eigenvalue weighted by molar-refractivity contribution is 0.00979. The summed E-state index contributed by atoms with van der Waals surface area (Å²) in [5.74, 6) is 0. The van der Waals surface area contributed by atoms with E-state index in [0.717, 1.165) is 12.8 Å². The number of aliphatic hydroxyl groups is 2. The molecule has 2 atom stereocenters.